The van der Waals surface area contributed by atoms with Crippen LogP contribution in [0.1, 0.15) is 24.8 Å². The lowest BCUT2D eigenvalue weighted by molar-refractivity contribution is 0.108. The Balaban J connectivity index is 1.97. The van der Waals surface area contributed by atoms with Crippen LogP contribution in [0.2, 0.25) is 0 Å². The van der Waals surface area contributed by atoms with Gasteiger partial charge in [0.05, 0.1) is 17.7 Å². The van der Waals surface area contributed by atoms with E-state index in [9.17, 15) is 0 Å². The molecule has 1 aromatic heterocycles. The predicted octanol–water partition coefficient (Wildman–Crippen LogP) is 1.93. The van der Waals surface area contributed by atoms with Gasteiger partial charge >= 0.3 is 0 Å². The summed E-state index contributed by atoms with van der Waals surface area (Å²) in [5, 5.41) is 12.1. The first-order chi connectivity index (χ1) is 7.81. The first-order valence-electron chi connectivity index (χ1n) is 5.47. The van der Waals surface area contributed by atoms with Crippen molar-refractivity contribution < 1.29 is 4.74 Å². The fourth-order valence-electron chi connectivity index (χ4n) is 2.07. The molecular weight excluding hydrogens is 202 g/mol. The number of nitrogens with one attached hydrogen (secondary N) is 1. The van der Waals surface area contributed by atoms with Crippen molar-refractivity contribution in [3.8, 4) is 6.07 Å². The summed E-state index contributed by atoms with van der Waals surface area (Å²) in [6, 6.07) is 6.00. The normalized spacial score (nSPS) is 24.0. The van der Waals surface area contributed by atoms with Crippen molar-refractivity contribution in [2.75, 3.05) is 12.4 Å². The maximum absolute atomic E-state index is 8.78. The zero-order valence-corrected chi connectivity index (χ0v) is 9.31. The molecule has 1 aliphatic carbocycles. The van der Waals surface area contributed by atoms with E-state index in [-0.39, 0.29) is 0 Å². The van der Waals surface area contributed by atoms with Gasteiger partial charge in [-0.2, -0.15) is 5.26 Å². The van der Waals surface area contributed by atoms with E-state index in [1.165, 1.54) is 0 Å². The topological polar surface area (TPSA) is 57.9 Å². The van der Waals surface area contributed by atoms with Gasteiger partial charge in [-0.05, 0) is 31.4 Å². The molecule has 4 nitrogen and oxygen atoms in total. The molecule has 0 spiro atoms. The van der Waals surface area contributed by atoms with Crippen LogP contribution in [0.15, 0.2) is 18.3 Å². The van der Waals surface area contributed by atoms with Gasteiger partial charge in [0.15, 0.2) is 0 Å². The molecule has 4 heteroatoms. The highest BCUT2D eigenvalue weighted by Crippen LogP contribution is 2.24. The zero-order valence-electron chi connectivity index (χ0n) is 9.31. The van der Waals surface area contributed by atoms with Crippen LogP contribution in [-0.4, -0.2) is 24.2 Å². The van der Waals surface area contributed by atoms with Crippen LogP contribution in [0.5, 0.6) is 0 Å². The van der Waals surface area contributed by atoms with Crippen molar-refractivity contribution >= 4 is 5.82 Å². The lowest BCUT2D eigenvalue weighted by atomic mass is 10.2. The predicted molar refractivity (Wildman–Crippen MR) is 61.0 cm³/mol. The Morgan fingerprint density at radius 3 is 3.12 bits per heavy atom. The molecule has 0 amide bonds. The maximum atomic E-state index is 8.78. The van der Waals surface area contributed by atoms with Crippen LogP contribution in [0.3, 0.4) is 0 Å². The summed E-state index contributed by atoms with van der Waals surface area (Å²) >= 11 is 0. The molecule has 1 aromatic rings. The summed E-state index contributed by atoms with van der Waals surface area (Å²) in [5.41, 5.74) is 0.638. The van der Waals surface area contributed by atoms with E-state index >= 15 is 0 Å². The van der Waals surface area contributed by atoms with Crippen molar-refractivity contribution in [3.05, 3.63) is 23.9 Å². The van der Waals surface area contributed by atoms with Crippen LogP contribution in [0.4, 0.5) is 5.82 Å². The van der Waals surface area contributed by atoms with Crippen molar-refractivity contribution in [3.63, 3.8) is 0 Å². The number of hydrogen-bond donors (Lipinski definition) is 1. The molecule has 1 aliphatic rings. The molecule has 1 saturated carbocycles. The van der Waals surface area contributed by atoms with Crippen LogP contribution in [-0.2, 0) is 4.74 Å². The average Bonchev–Trinajstić information content (AvgIpc) is 2.77. The first-order valence-corrected chi connectivity index (χ1v) is 5.47. The molecule has 0 saturated heterocycles. The standard InChI is InChI=1S/C12H15N3O/c1-16-11-3-2-10(7-11)15-12-6-9(8-13)4-5-14-12/h4-6,10-11H,2-3,7H2,1H3,(H,14,15). The van der Waals surface area contributed by atoms with Gasteiger partial charge in [-0.25, -0.2) is 4.98 Å². The minimum Gasteiger partial charge on any atom is -0.381 e. The summed E-state index contributed by atoms with van der Waals surface area (Å²) in [6.07, 6.45) is 5.21. The molecule has 2 rings (SSSR count). The average molecular weight is 217 g/mol. The fraction of sp³-hybridized carbons (Fsp3) is 0.500. The van der Waals surface area contributed by atoms with Crippen molar-refractivity contribution in [2.45, 2.75) is 31.4 Å². The lowest BCUT2D eigenvalue weighted by Crippen LogP contribution is -2.17. The number of nitriles is 1. The van der Waals surface area contributed by atoms with Gasteiger partial charge in [0, 0.05) is 19.3 Å². The Kier molecular flexibility index (Phi) is 3.37. The third-order valence-electron chi connectivity index (χ3n) is 2.96. The Morgan fingerprint density at radius 1 is 1.56 bits per heavy atom. The molecule has 16 heavy (non-hydrogen) atoms. The van der Waals surface area contributed by atoms with E-state index in [4.69, 9.17) is 10.00 Å². The van der Waals surface area contributed by atoms with Gasteiger partial charge in [-0.1, -0.05) is 0 Å². The van der Waals surface area contributed by atoms with Gasteiger partial charge in [-0.3, -0.25) is 0 Å². The van der Waals surface area contributed by atoms with Crippen LogP contribution < -0.4 is 5.32 Å². The summed E-state index contributed by atoms with van der Waals surface area (Å²) in [5.74, 6) is 0.779. The molecule has 2 atom stereocenters. The highest BCUT2D eigenvalue weighted by atomic mass is 16.5. The molecule has 0 aromatic carbocycles. The van der Waals surface area contributed by atoms with E-state index in [2.05, 4.69) is 16.4 Å². The molecule has 0 radical (unpaired) electrons. The number of rotatable bonds is 3. The third kappa shape index (κ3) is 2.50. The summed E-state index contributed by atoms with van der Waals surface area (Å²) in [7, 11) is 1.75. The van der Waals surface area contributed by atoms with Crippen molar-refractivity contribution in [1.29, 1.82) is 5.26 Å². The second-order valence-electron chi connectivity index (χ2n) is 4.05. The third-order valence-corrected chi connectivity index (χ3v) is 2.96. The number of methoxy groups -OCH3 is 1. The quantitative estimate of drug-likeness (QED) is 0.840. The van der Waals surface area contributed by atoms with E-state index in [1.54, 1.807) is 25.4 Å². The lowest BCUT2D eigenvalue weighted by Gasteiger charge is -2.13. The summed E-state index contributed by atoms with van der Waals surface area (Å²) < 4.78 is 5.31. The minimum absolute atomic E-state index is 0.358. The Bertz CT molecular complexity index is 399. The highest BCUT2D eigenvalue weighted by molar-refractivity contribution is 5.43. The number of aromatic nitrogens is 1. The van der Waals surface area contributed by atoms with Crippen LogP contribution in [0.25, 0.3) is 0 Å². The van der Waals surface area contributed by atoms with Gasteiger partial charge in [0.25, 0.3) is 0 Å². The SMILES string of the molecule is COC1CCC(Nc2cc(C#N)ccn2)C1. The smallest absolute Gasteiger partial charge is 0.127 e. The van der Waals surface area contributed by atoms with Crippen LogP contribution in [0, 0.1) is 11.3 Å². The highest BCUT2D eigenvalue weighted by Gasteiger charge is 2.24. The van der Waals surface area contributed by atoms with Gasteiger partial charge in [0.1, 0.15) is 5.82 Å². The summed E-state index contributed by atoms with van der Waals surface area (Å²) in [4.78, 5) is 4.20. The molecule has 84 valence electrons. The number of pyridine rings is 1. The molecule has 0 bridgehead atoms. The van der Waals surface area contributed by atoms with E-state index in [0.717, 1.165) is 25.1 Å². The number of nitrogens with zero attached hydrogens (tertiary/aromatic N) is 2. The van der Waals surface area contributed by atoms with Crippen molar-refractivity contribution in [1.82, 2.24) is 4.98 Å². The second-order valence-corrected chi connectivity index (χ2v) is 4.05. The Labute approximate surface area is 95.3 Å². The molecule has 0 aliphatic heterocycles. The number of hydrogen-bond acceptors (Lipinski definition) is 4. The number of anilines is 1. The van der Waals surface area contributed by atoms with Gasteiger partial charge < -0.3 is 10.1 Å². The minimum atomic E-state index is 0.358. The maximum Gasteiger partial charge on any atom is 0.127 e. The molecule has 1 fully saturated rings. The largest absolute Gasteiger partial charge is 0.381 e. The number of ether oxygens (including phenoxy) is 1. The first kappa shape index (κ1) is 10.9. The van der Waals surface area contributed by atoms with Gasteiger partial charge in [0.2, 0.25) is 0 Å². The molecule has 1 heterocycles. The van der Waals surface area contributed by atoms with E-state index < -0.39 is 0 Å². The molecule has 1 N–H and O–H groups in total. The molecule has 2 unspecified atom stereocenters. The fourth-order valence-corrected chi connectivity index (χ4v) is 2.07. The second kappa shape index (κ2) is 4.95. The molecular formula is C12H15N3O. The van der Waals surface area contributed by atoms with Crippen molar-refractivity contribution in [2.24, 2.45) is 0 Å². The Morgan fingerprint density at radius 2 is 2.44 bits per heavy atom. The van der Waals surface area contributed by atoms with E-state index in [1.807, 2.05) is 0 Å². The Hall–Kier alpha value is -1.60. The monoisotopic (exact) mass is 217 g/mol. The van der Waals surface area contributed by atoms with Crippen LogP contribution >= 0.6 is 0 Å². The van der Waals surface area contributed by atoms with Gasteiger partial charge in [-0.15, -0.1) is 0 Å². The van der Waals surface area contributed by atoms with E-state index in [0.29, 0.717) is 17.7 Å². The summed E-state index contributed by atoms with van der Waals surface area (Å²) in [6.45, 7) is 0. The zero-order chi connectivity index (χ0) is 11.4.